The van der Waals surface area contributed by atoms with Gasteiger partial charge in [-0.2, -0.15) is 0 Å². The normalized spacial score (nSPS) is 12.6. The third-order valence-corrected chi connectivity index (χ3v) is 4.85. The lowest BCUT2D eigenvalue weighted by molar-refractivity contribution is -0.115. The van der Waals surface area contributed by atoms with E-state index in [1.807, 2.05) is 6.92 Å². The average molecular weight is 399 g/mol. The van der Waals surface area contributed by atoms with Crippen LogP contribution >= 0.6 is 11.6 Å². The number of fused-ring (bicyclic) bond motifs is 1. The second-order valence-electron chi connectivity index (χ2n) is 6.42. The molecule has 1 aromatic carbocycles. The van der Waals surface area contributed by atoms with Crippen molar-refractivity contribution in [2.45, 2.75) is 19.8 Å². The number of benzene rings is 1. The molecule has 0 saturated carbocycles. The molecule has 3 N–H and O–H groups in total. The molecule has 0 atom stereocenters. The molecule has 2 aromatic heterocycles. The molecule has 0 spiro atoms. The summed E-state index contributed by atoms with van der Waals surface area (Å²) < 4.78 is 14.3. The van der Waals surface area contributed by atoms with Gasteiger partial charge in [-0.25, -0.2) is 9.37 Å². The first-order valence-electron chi connectivity index (χ1n) is 8.72. The molecule has 4 rings (SSSR count). The minimum Gasteiger partial charge on any atom is -0.354 e. The number of hydrogen-bond acceptors (Lipinski definition) is 4. The van der Waals surface area contributed by atoms with Crippen LogP contribution in [0.15, 0.2) is 41.3 Å². The number of hydrogen-bond donors (Lipinski definition) is 3. The van der Waals surface area contributed by atoms with E-state index in [4.69, 9.17) is 11.6 Å². The van der Waals surface area contributed by atoms with E-state index in [2.05, 4.69) is 20.6 Å². The first kappa shape index (κ1) is 18.2. The Morgan fingerprint density at radius 3 is 2.79 bits per heavy atom. The van der Waals surface area contributed by atoms with Gasteiger partial charge >= 0.3 is 0 Å². The van der Waals surface area contributed by atoms with Gasteiger partial charge in [-0.05, 0) is 36.8 Å². The average Bonchev–Trinajstić information content (AvgIpc) is 3.06. The second kappa shape index (κ2) is 7.09. The molecule has 0 unspecified atom stereocenters. The monoisotopic (exact) mass is 398 g/mol. The van der Waals surface area contributed by atoms with Gasteiger partial charge in [0.2, 0.25) is 5.91 Å². The smallest absolute Gasteiger partial charge is 0.256 e. The van der Waals surface area contributed by atoms with E-state index < -0.39 is 11.4 Å². The topological polar surface area (TPSA) is 86.9 Å². The molecule has 3 aromatic rings. The number of carbonyl (C=O) groups excluding carboxylic acids is 1. The number of aromatic nitrogens is 2. The van der Waals surface area contributed by atoms with Crippen molar-refractivity contribution >= 4 is 34.7 Å². The number of H-pyrrole nitrogens is 1. The number of amides is 1. The van der Waals surface area contributed by atoms with Gasteiger partial charge in [0.05, 0.1) is 17.7 Å². The maximum absolute atomic E-state index is 14.3. The Labute approximate surface area is 164 Å². The van der Waals surface area contributed by atoms with Crippen LogP contribution in [-0.4, -0.2) is 15.9 Å². The fourth-order valence-corrected chi connectivity index (χ4v) is 3.41. The number of nitrogens with one attached hydrogen (secondary N) is 3. The van der Waals surface area contributed by atoms with E-state index in [0.29, 0.717) is 34.3 Å². The van der Waals surface area contributed by atoms with Crippen LogP contribution in [0.2, 0.25) is 5.02 Å². The summed E-state index contributed by atoms with van der Waals surface area (Å²) in [5.74, 6) is -0.154. The van der Waals surface area contributed by atoms with Gasteiger partial charge in [0.1, 0.15) is 11.6 Å². The molecule has 1 amide bonds. The first-order valence-corrected chi connectivity index (χ1v) is 9.10. The van der Waals surface area contributed by atoms with Crippen molar-refractivity contribution in [2.24, 2.45) is 0 Å². The van der Waals surface area contributed by atoms with Crippen LogP contribution in [0.5, 0.6) is 0 Å². The fourth-order valence-electron chi connectivity index (χ4n) is 3.24. The third kappa shape index (κ3) is 3.25. The van der Waals surface area contributed by atoms with Crippen molar-refractivity contribution in [1.29, 1.82) is 0 Å². The van der Waals surface area contributed by atoms with E-state index >= 15 is 0 Å². The highest BCUT2D eigenvalue weighted by atomic mass is 35.5. The summed E-state index contributed by atoms with van der Waals surface area (Å²) in [6.45, 7) is 1.90. The molecule has 0 aliphatic carbocycles. The molecule has 0 radical (unpaired) electrons. The van der Waals surface area contributed by atoms with Crippen LogP contribution in [0.3, 0.4) is 0 Å². The quantitative estimate of drug-likeness (QED) is 0.619. The van der Waals surface area contributed by atoms with Crippen LogP contribution in [-0.2, 0) is 17.6 Å². The Bertz CT molecular complexity index is 1160. The number of aromatic amines is 1. The van der Waals surface area contributed by atoms with Gasteiger partial charge in [0.25, 0.3) is 5.56 Å². The predicted octanol–water partition coefficient (Wildman–Crippen LogP) is 4.03. The van der Waals surface area contributed by atoms with Gasteiger partial charge in [-0.3, -0.25) is 9.59 Å². The zero-order chi connectivity index (χ0) is 19.8. The largest absolute Gasteiger partial charge is 0.354 e. The number of carbonyl (C=O) groups is 1. The molecule has 8 heteroatoms. The third-order valence-electron chi connectivity index (χ3n) is 4.62. The molecular weight excluding hydrogens is 383 g/mol. The summed E-state index contributed by atoms with van der Waals surface area (Å²) >= 11 is 5.98. The van der Waals surface area contributed by atoms with Gasteiger partial charge in [0, 0.05) is 33.7 Å². The van der Waals surface area contributed by atoms with Gasteiger partial charge in [-0.15, -0.1) is 0 Å². The highest BCUT2D eigenvalue weighted by molar-refractivity contribution is 6.30. The van der Waals surface area contributed by atoms with Crippen molar-refractivity contribution in [3.63, 3.8) is 0 Å². The summed E-state index contributed by atoms with van der Waals surface area (Å²) in [6, 6.07) is 7.43. The van der Waals surface area contributed by atoms with Crippen molar-refractivity contribution in [2.75, 3.05) is 10.6 Å². The molecule has 1 aliphatic heterocycles. The molecule has 28 heavy (non-hydrogen) atoms. The maximum Gasteiger partial charge on any atom is 0.256 e. The van der Waals surface area contributed by atoms with Crippen LogP contribution in [0, 0.1) is 5.82 Å². The van der Waals surface area contributed by atoms with Gasteiger partial charge in [0.15, 0.2) is 0 Å². The Kier molecular flexibility index (Phi) is 4.60. The zero-order valence-corrected chi connectivity index (χ0v) is 15.7. The molecule has 0 bridgehead atoms. The molecule has 6 nitrogen and oxygen atoms in total. The number of nitrogens with zero attached hydrogens (tertiary/aromatic N) is 1. The number of pyridine rings is 2. The minimum atomic E-state index is -0.537. The lowest BCUT2D eigenvalue weighted by Crippen LogP contribution is -2.14. The van der Waals surface area contributed by atoms with Crippen LogP contribution in [0.1, 0.15) is 18.2 Å². The lowest BCUT2D eigenvalue weighted by Gasteiger charge is -2.15. The molecular formula is C20H16ClFN4O2. The van der Waals surface area contributed by atoms with Crippen molar-refractivity contribution in [3.05, 3.63) is 69.0 Å². The Morgan fingerprint density at radius 1 is 1.18 bits per heavy atom. The summed E-state index contributed by atoms with van der Waals surface area (Å²) in [4.78, 5) is 31.2. The summed E-state index contributed by atoms with van der Waals surface area (Å²) in [6.07, 6.45) is 2.36. The van der Waals surface area contributed by atoms with Gasteiger partial charge in [-0.1, -0.05) is 18.5 Å². The summed E-state index contributed by atoms with van der Waals surface area (Å²) in [5, 5.41) is 6.29. The lowest BCUT2D eigenvalue weighted by atomic mass is 10.0. The molecule has 142 valence electrons. The summed E-state index contributed by atoms with van der Waals surface area (Å²) in [7, 11) is 0. The van der Waals surface area contributed by atoms with E-state index in [1.165, 1.54) is 18.2 Å². The van der Waals surface area contributed by atoms with Gasteiger partial charge < -0.3 is 15.6 Å². The number of rotatable bonds is 4. The highest BCUT2D eigenvalue weighted by Crippen LogP contribution is 2.32. The number of aryl methyl sites for hydroxylation is 1. The molecule has 0 fully saturated rings. The SMILES string of the molecule is CCc1[nH]c(=O)c(-c2cc(Cl)ccc2F)cc1Nc1ccnc2c1CC(=O)N2. The van der Waals surface area contributed by atoms with Crippen molar-refractivity contribution in [1.82, 2.24) is 9.97 Å². The standard InChI is InChI=1S/C20H16ClFN4O2/c1-2-15-17(24-16-5-6-23-19-13(16)9-18(27)26-19)8-12(20(28)25-15)11-7-10(21)3-4-14(11)22/h3-8H,2,9H2,1H3,(H,25,28)(H2,23,24,26,27). The van der Waals surface area contributed by atoms with Crippen LogP contribution < -0.4 is 16.2 Å². The predicted molar refractivity (Wildman–Crippen MR) is 107 cm³/mol. The number of halogens is 2. The number of anilines is 3. The maximum atomic E-state index is 14.3. The van der Waals surface area contributed by atoms with E-state index in [-0.39, 0.29) is 23.5 Å². The zero-order valence-electron chi connectivity index (χ0n) is 14.9. The minimum absolute atomic E-state index is 0.122. The van der Waals surface area contributed by atoms with Crippen molar-refractivity contribution < 1.29 is 9.18 Å². The molecule has 0 saturated heterocycles. The van der Waals surface area contributed by atoms with E-state index in [0.717, 1.165) is 5.56 Å². The van der Waals surface area contributed by atoms with Crippen LogP contribution in [0.25, 0.3) is 11.1 Å². The van der Waals surface area contributed by atoms with E-state index in [1.54, 1.807) is 18.3 Å². The summed E-state index contributed by atoms with van der Waals surface area (Å²) in [5.41, 5.74) is 2.61. The second-order valence-corrected chi connectivity index (χ2v) is 6.85. The molecule has 1 aliphatic rings. The molecule has 3 heterocycles. The first-order chi connectivity index (χ1) is 13.5. The van der Waals surface area contributed by atoms with Crippen molar-refractivity contribution in [3.8, 4) is 11.1 Å². The fraction of sp³-hybridized carbons (Fsp3) is 0.150. The Hall–Kier alpha value is -3.19. The van der Waals surface area contributed by atoms with Crippen LogP contribution in [0.4, 0.5) is 21.6 Å². The van der Waals surface area contributed by atoms with E-state index in [9.17, 15) is 14.0 Å². The Morgan fingerprint density at radius 2 is 2.00 bits per heavy atom. The highest BCUT2D eigenvalue weighted by Gasteiger charge is 2.22. The Balaban J connectivity index is 1.82.